The Balaban J connectivity index is 1.96. The third kappa shape index (κ3) is 4.51. The fraction of sp³-hybridized carbons (Fsp3) is 0.667. The lowest BCUT2D eigenvalue weighted by Crippen LogP contribution is -2.48. The summed E-state index contributed by atoms with van der Waals surface area (Å²) >= 11 is 5.81. The first kappa shape index (κ1) is 19.7. The highest BCUT2D eigenvalue weighted by Crippen LogP contribution is 2.37. The molecule has 24 heavy (non-hydrogen) atoms. The monoisotopic (exact) mass is 373 g/mol. The summed E-state index contributed by atoms with van der Waals surface area (Å²) in [6.07, 6.45) is 0.274. The van der Waals surface area contributed by atoms with E-state index in [0.717, 1.165) is 6.42 Å². The molecule has 0 spiro atoms. The molecule has 0 aromatic heterocycles. The maximum absolute atomic E-state index is 14.1. The number of β-amino-alcohol motifs (C(OH)–C–C–N with tert-alkyl or cyclic N) is 1. The molecule has 1 aromatic carbocycles. The third-order valence-corrected chi connectivity index (χ3v) is 10.2. The molecule has 2 rings (SSSR count). The molecule has 0 saturated carbocycles. The molecule has 1 aliphatic rings. The van der Waals surface area contributed by atoms with Crippen LogP contribution in [0.4, 0.5) is 10.1 Å². The quantitative estimate of drug-likeness (QED) is 0.777. The first-order valence-electron chi connectivity index (χ1n) is 8.53. The Morgan fingerprint density at radius 3 is 2.58 bits per heavy atom. The van der Waals surface area contributed by atoms with Crippen LogP contribution in [-0.4, -0.2) is 39.2 Å². The second-order valence-corrected chi connectivity index (χ2v) is 13.5. The highest BCUT2D eigenvalue weighted by Gasteiger charge is 2.39. The van der Waals surface area contributed by atoms with E-state index in [-0.39, 0.29) is 16.8 Å². The molecule has 6 heteroatoms. The van der Waals surface area contributed by atoms with Gasteiger partial charge in [0.15, 0.2) is 8.32 Å². The van der Waals surface area contributed by atoms with Crippen molar-refractivity contribution in [1.29, 1.82) is 0 Å². The van der Waals surface area contributed by atoms with Crippen LogP contribution in [0.3, 0.4) is 0 Å². The third-order valence-electron chi connectivity index (χ3n) is 5.44. The molecule has 3 nitrogen and oxygen atoms in total. The van der Waals surface area contributed by atoms with Gasteiger partial charge in [0.25, 0.3) is 0 Å². The fourth-order valence-electron chi connectivity index (χ4n) is 2.66. The number of rotatable bonds is 4. The van der Waals surface area contributed by atoms with Crippen LogP contribution < -0.4 is 4.90 Å². The average molecular weight is 374 g/mol. The van der Waals surface area contributed by atoms with Crippen LogP contribution >= 0.6 is 11.6 Å². The predicted molar refractivity (Wildman–Crippen MR) is 101 cm³/mol. The molecule has 0 bridgehead atoms. The zero-order valence-electron chi connectivity index (χ0n) is 15.3. The fourth-order valence-corrected chi connectivity index (χ4v) is 3.89. The molecule has 0 aliphatic carbocycles. The lowest BCUT2D eigenvalue weighted by atomic mass is 9.94. The molecule has 1 N–H and O–H groups in total. The van der Waals surface area contributed by atoms with E-state index in [9.17, 15) is 9.50 Å². The molecule has 1 heterocycles. The number of halogens is 2. The van der Waals surface area contributed by atoms with E-state index in [0.29, 0.717) is 30.4 Å². The maximum atomic E-state index is 14.1. The van der Waals surface area contributed by atoms with E-state index in [4.69, 9.17) is 16.0 Å². The van der Waals surface area contributed by atoms with Gasteiger partial charge in [-0.25, -0.2) is 4.39 Å². The summed E-state index contributed by atoms with van der Waals surface area (Å²) in [6.45, 7) is 12.8. The van der Waals surface area contributed by atoms with Crippen molar-refractivity contribution in [3.8, 4) is 0 Å². The van der Waals surface area contributed by atoms with Gasteiger partial charge in [0.05, 0.1) is 11.8 Å². The van der Waals surface area contributed by atoms with Gasteiger partial charge in [-0.3, -0.25) is 0 Å². The summed E-state index contributed by atoms with van der Waals surface area (Å²) in [5.74, 6) is -0.239. The highest BCUT2D eigenvalue weighted by molar-refractivity contribution is 6.74. The molecule has 1 fully saturated rings. The number of benzene rings is 1. The van der Waals surface area contributed by atoms with Crippen LogP contribution in [0.15, 0.2) is 18.2 Å². The van der Waals surface area contributed by atoms with Crippen molar-refractivity contribution >= 4 is 25.6 Å². The zero-order chi connectivity index (χ0) is 18.1. The Morgan fingerprint density at radius 2 is 2.04 bits per heavy atom. The number of aliphatic hydroxyl groups is 1. The summed E-state index contributed by atoms with van der Waals surface area (Å²) in [4.78, 5) is 1.89. The predicted octanol–water partition coefficient (Wildman–Crippen LogP) is 4.69. The van der Waals surface area contributed by atoms with Crippen molar-refractivity contribution < 1.29 is 13.9 Å². The second kappa shape index (κ2) is 7.32. The normalized spacial score (nSPS) is 22.8. The topological polar surface area (TPSA) is 32.7 Å². The molecule has 1 aromatic rings. The number of aliphatic hydroxyl groups excluding tert-OH is 1. The molecule has 1 saturated heterocycles. The van der Waals surface area contributed by atoms with Gasteiger partial charge in [0.2, 0.25) is 0 Å². The highest BCUT2D eigenvalue weighted by atomic mass is 35.5. The van der Waals surface area contributed by atoms with Crippen molar-refractivity contribution in [2.45, 2.75) is 51.4 Å². The summed E-state index contributed by atoms with van der Waals surface area (Å²) in [6, 6.07) is 4.67. The first-order valence-corrected chi connectivity index (χ1v) is 11.8. The van der Waals surface area contributed by atoms with Gasteiger partial charge in [-0.1, -0.05) is 32.4 Å². The summed E-state index contributed by atoms with van der Waals surface area (Å²) in [7, 11) is -1.81. The van der Waals surface area contributed by atoms with Crippen LogP contribution in [0, 0.1) is 11.7 Å². The van der Waals surface area contributed by atoms with Crippen LogP contribution in [0.1, 0.15) is 27.2 Å². The summed E-state index contributed by atoms with van der Waals surface area (Å²) in [5, 5.41) is 11.0. The van der Waals surface area contributed by atoms with Crippen LogP contribution in [0.2, 0.25) is 23.2 Å². The minimum Gasteiger partial charge on any atom is -0.416 e. The lowest BCUT2D eigenvalue weighted by Gasteiger charge is -2.41. The van der Waals surface area contributed by atoms with Crippen LogP contribution in [0.25, 0.3) is 0 Å². The molecule has 0 amide bonds. The van der Waals surface area contributed by atoms with Gasteiger partial charge < -0.3 is 14.4 Å². The maximum Gasteiger partial charge on any atom is 0.191 e. The van der Waals surface area contributed by atoms with E-state index in [1.165, 1.54) is 6.07 Å². The van der Waals surface area contributed by atoms with E-state index >= 15 is 0 Å². The Kier molecular flexibility index (Phi) is 6.01. The zero-order valence-corrected chi connectivity index (χ0v) is 17.0. The number of piperidine rings is 1. The van der Waals surface area contributed by atoms with E-state index in [1.54, 1.807) is 12.1 Å². The van der Waals surface area contributed by atoms with Crippen molar-refractivity contribution in [2.24, 2.45) is 5.92 Å². The Labute approximate surface area is 150 Å². The average Bonchev–Trinajstić information content (AvgIpc) is 2.44. The Morgan fingerprint density at radius 1 is 1.38 bits per heavy atom. The van der Waals surface area contributed by atoms with Gasteiger partial charge in [-0.05, 0) is 42.8 Å². The molecule has 1 aliphatic heterocycles. The van der Waals surface area contributed by atoms with Gasteiger partial charge >= 0.3 is 0 Å². The summed E-state index contributed by atoms with van der Waals surface area (Å²) < 4.78 is 20.3. The largest absolute Gasteiger partial charge is 0.416 e. The van der Waals surface area contributed by atoms with E-state index in [2.05, 4.69) is 33.9 Å². The van der Waals surface area contributed by atoms with E-state index < -0.39 is 14.4 Å². The van der Waals surface area contributed by atoms with Gasteiger partial charge in [-0.15, -0.1) is 0 Å². The van der Waals surface area contributed by atoms with Crippen LogP contribution in [-0.2, 0) is 4.43 Å². The second-order valence-electron chi connectivity index (χ2n) is 8.23. The molecule has 0 unspecified atom stereocenters. The van der Waals surface area contributed by atoms with Gasteiger partial charge in [-0.2, -0.15) is 0 Å². The van der Waals surface area contributed by atoms with Crippen molar-refractivity contribution in [3.05, 3.63) is 29.0 Å². The number of hydrogen-bond acceptors (Lipinski definition) is 3. The molecular formula is C18H29ClFNO2Si. The number of hydrogen-bond donors (Lipinski definition) is 1. The Bertz CT molecular complexity index is 577. The summed E-state index contributed by atoms with van der Waals surface area (Å²) in [5.41, 5.74) is 0.502. The number of anilines is 1. The lowest BCUT2D eigenvalue weighted by molar-refractivity contribution is 0.0577. The van der Waals surface area contributed by atoms with E-state index in [1.807, 2.05) is 4.90 Å². The minimum atomic E-state index is -1.81. The SMILES string of the molecule is CC(C)(C)[Si](C)(C)OC[C@H]1CCN(c2ccc(Cl)cc2F)C[C@@H]1O. The number of nitrogens with zero attached hydrogens (tertiary/aromatic N) is 1. The smallest absolute Gasteiger partial charge is 0.191 e. The van der Waals surface area contributed by atoms with Crippen molar-refractivity contribution in [3.63, 3.8) is 0 Å². The van der Waals surface area contributed by atoms with Gasteiger partial charge in [0.1, 0.15) is 5.82 Å². The minimum absolute atomic E-state index is 0.103. The first-order chi connectivity index (χ1) is 11.0. The van der Waals surface area contributed by atoms with Gasteiger partial charge in [0, 0.05) is 30.6 Å². The molecule has 136 valence electrons. The molecule has 0 radical (unpaired) electrons. The standard InChI is InChI=1S/C18H29ClFNO2Si/c1-18(2,3)24(4,5)23-12-13-8-9-21(11-17(13)22)16-7-6-14(19)10-15(16)20/h6-7,10,13,17,22H,8-9,11-12H2,1-5H3/t13-,17+/m1/s1. The molecule has 2 atom stereocenters. The Hall–Kier alpha value is -0.623. The van der Waals surface area contributed by atoms with Crippen LogP contribution in [0.5, 0.6) is 0 Å². The van der Waals surface area contributed by atoms with Crippen molar-refractivity contribution in [2.75, 3.05) is 24.6 Å². The van der Waals surface area contributed by atoms with Crippen molar-refractivity contribution in [1.82, 2.24) is 0 Å². The molecular weight excluding hydrogens is 345 g/mol.